The van der Waals surface area contributed by atoms with Gasteiger partial charge in [0, 0.05) is 19.0 Å². The third-order valence-corrected chi connectivity index (χ3v) is 5.20. The summed E-state index contributed by atoms with van der Waals surface area (Å²) >= 11 is 0. The number of benzene rings is 1. The average Bonchev–Trinajstić information content (AvgIpc) is 3.42. The van der Waals surface area contributed by atoms with Gasteiger partial charge < -0.3 is 13.3 Å². The molecule has 6 heteroatoms. The normalized spacial score (nSPS) is 18.3. The Morgan fingerprint density at radius 1 is 1.15 bits per heavy atom. The maximum absolute atomic E-state index is 6.00. The van der Waals surface area contributed by atoms with Gasteiger partial charge in [0.05, 0.1) is 17.5 Å². The molecule has 1 aromatic carbocycles. The Hall–Kier alpha value is -2.86. The SMILES string of the molecule is Cc1oc(-c2ccoc2)nc1CN1CCC[C@H](c2nc3ccccc3o2)C1. The zero-order valence-corrected chi connectivity index (χ0v) is 15.2. The predicted molar refractivity (Wildman–Crippen MR) is 100 cm³/mol. The van der Waals surface area contributed by atoms with Gasteiger partial charge in [-0.1, -0.05) is 12.1 Å². The van der Waals surface area contributed by atoms with Crippen LogP contribution in [0.4, 0.5) is 0 Å². The van der Waals surface area contributed by atoms with Crippen LogP contribution in [0.5, 0.6) is 0 Å². The van der Waals surface area contributed by atoms with Crippen molar-refractivity contribution in [2.45, 2.75) is 32.2 Å². The molecular formula is C21H21N3O3. The second-order valence-corrected chi connectivity index (χ2v) is 7.13. The van der Waals surface area contributed by atoms with E-state index in [4.69, 9.17) is 18.2 Å². The molecule has 4 heterocycles. The molecule has 0 amide bonds. The third-order valence-electron chi connectivity index (χ3n) is 5.20. The van der Waals surface area contributed by atoms with Crippen LogP contribution in [0.2, 0.25) is 0 Å². The van der Waals surface area contributed by atoms with Gasteiger partial charge in [-0.25, -0.2) is 9.97 Å². The average molecular weight is 363 g/mol. The Morgan fingerprint density at radius 2 is 2.07 bits per heavy atom. The molecule has 0 radical (unpaired) electrons. The molecule has 0 unspecified atom stereocenters. The van der Waals surface area contributed by atoms with Crippen molar-refractivity contribution in [1.82, 2.24) is 14.9 Å². The van der Waals surface area contributed by atoms with E-state index in [1.165, 1.54) is 0 Å². The molecule has 6 nitrogen and oxygen atoms in total. The van der Waals surface area contributed by atoms with E-state index >= 15 is 0 Å². The number of hydrogen-bond donors (Lipinski definition) is 0. The highest BCUT2D eigenvalue weighted by Gasteiger charge is 2.26. The minimum Gasteiger partial charge on any atom is -0.472 e. The first-order valence-electron chi connectivity index (χ1n) is 9.33. The highest BCUT2D eigenvalue weighted by molar-refractivity contribution is 5.72. The Balaban J connectivity index is 1.33. The van der Waals surface area contributed by atoms with Gasteiger partial charge in [-0.2, -0.15) is 0 Å². The topological polar surface area (TPSA) is 68.4 Å². The van der Waals surface area contributed by atoms with Gasteiger partial charge in [-0.05, 0) is 44.5 Å². The minimum atomic E-state index is 0.312. The summed E-state index contributed by atoms with van der Waals surface area (Å²) < 4.78 is 17.0. The summed E-state index contributed by atoms with van der Waals surface area (Å²) in [7, 11) is 0. The predicted octanol–water partition coefficient (Wildman–Crippen LogP) is 4.76. The lowest BCUT2D eigenvalue weighted by Crippen LogP contribution is -2.34. The number of rotatable bonds is 4. The van der Waals surface area contributed by atoms with Crippen molar-refractivity contribution >= 4 is 11.1 Å². The molecule has 1 atom stereocenters. The fraction of sp³-hybridized carbons (Fsp3) is 0.333. The summed E-state index contributed by atoms with van der Waals surface area (Å²) in [4.78, 5) is 11.8. The highest BCUT2D eigenvalue weighted by Crippen LogP contribution is 2.30. The monoisotopic (exact) mass is 363 g/mol. The molecule has 0 aliphatic carbocycles. The van der Waals surface area contributed by atoms with Crippen LogP contribution in [0.1, 0.15) is 36.1 Å². The summed E-state index contributed by atoms with van der Waals surface area (Å²) in [5.74, 6) is 2.63. The molecule has 0 bridgehead atoms. The van der Waals surface area contributed by atoms with Gasteiger partial charge in [0.2, 0.25) is 5.89 Å². The first kappa shape index (κ1) is 16.3. The van der Waals surface area contributed by atoms with E-state index in [9.17, 15) is 0 Å². The number of furan rings is 1. The van der Waals surface area contributed by atoms with E-state index in [1.807, 2.05) is 37.3 Å². The number of fused-ring (bicyclic) bond motifs is 1. The Bertz CT molecular complexity index is 1010. The molecule has 1 aliphatic heterocycles. The van der Waals surface area contributed by atoms with E-state index in [2.05, 4.69) is 9.88 Å². The van der Waals surface area contributed by atoms with Crippen molar-refractivity contribution in [3.63, 3.8) is 0 Å². The van der Waals surface area contributed by atoms with Crippen molar-refractivity contribution in [2.75, 3.05) is 13.1 Å². The molecular weight excluding hydrogens is 342 g/mol. The number of hydrogen-bond acceptors (Lipinski definition) is 6. The first-order chi connectivity index (χ1) is 13.3. The quantitative estimate of drug-likeness (QED) is 0.520. The summed E-state index contributed by atoms with van der Waals surface area (Å²) in [6.45, 7) is 4.70. The van der Waals surface area contributed by atoms with Crippen LogP contribution < -0.4 is 0 Å². The molecule has 4 aromatic rings. The van der Waals surface area contributed by atoms with Crippen LogP contribution in [0.25, 0.3) is 22.6 Å². The standard InChI is InChI=1S/C21H21N3O3/c1-14-18(23-21(26-14)16-8-10-25-13-16)12-24-9-4-5-15(11-24)20-22-17-6-2-3-7-19(17)27-20/h2-3,6-8,10,13,15H,4-5,9,11-12H2,1H3/t15-/m0/s1. The van der Waals surface area contributed by atoms with Gasteiger partial charge in [-0.15, -0.1) is 0 Å². The van der Waals surface area contributed by atoms with E-state index in [1.54, 1.807) is 12.5 Å². The van der Waals surface area contributed by atoms with Crippen LogP contribution in [-0.4, -0.2) is 28.0 Å². The van der Waals surface area contributed by atoms with Crippen molar-refractivity contribution in [3.05, 3.63) is 60.2 Å². The van der Waals surface area contributed by atoms with Crippen molar-refractivity contribution in [3.8, 4) is 11.5 Å². The number of aromatic nitrogens is 2. The van der Waals surface area contributed by atoms with Gasteiger partial charge in [0.15, 0.2) is 11.5 Å². The summed E-state index contributed by atoms with van der Waals surface area (Å²) in [5.41, 5.74) is 3.64. The fourth-order valence-corrected chi connectivity index (χ4v) is 3.76. The van der Waals surface area contributed by atoms with Gasteiger partial charge in [0.25, 0.3) is 0 Å². The lowest BCUT2D eigenvalue weighted by molar-refractivity contribution is 0.185. The number of aryl methyl sites for hydroxylation is 1. The molecule has 0 N–H and O–H groups in total. The van der Waals surface area contributed by atoms with Crippen LogP contribution in [0, 0.1) is 6.92 Å². The molecule has 0 saturated carbocycles. The fourth-order valence-electron chi connectivity index (χ4n) is 3.76. The van der Waals surface area contributed by atoms with Gasteiger partial charge >= 0.3 is 0 Å². The summed E-state index contributed by atoms with van der Waals surface area (Å²) in [6.07, 6.45) is 5.50. The van der Waals surface area contributed by atoms with Crippen molar-refractivity contribution < 1.29 is 13.3 Å². The lowest BCUT2D eigenvalue weighted by atomic mass is 9.98. The number of oxazole rings is 2. The minimum absolute atomic E-state index is 0.312. The molecule has 0 spiro atoms. The molecule has 1 aliphatic rings. The maximum Gasteiger partial charge on any atom is 0.229 e. The molecule has 1 saturated heterocycles. The zero-order valence-electron chi connectivity index (χ0n) is 15.2. The molecule has 1 fully saturated rings. The van der Waals surface area contributed by atoms with Crippen molar-refractivity contribution in [1.29, 1.82) is 0 Å². The third kappa shape index (κ3) is 3.17. The maximum atomic E-state index is 6.00. The van der Waals surface area contributed by atoms with Crippen LogP contribution in [0.15, 0.2) is 56.1 Å². The zero-order chi connectivity index (χ0) is 18.2. The highest BCUT2D eigenvalue weighted by atomic mass is 16.4. The largest absolute Gasteiger partial charge is 0.472 e. The first-order valence-corrected chi connectivity index (χ1v) is 9.33. The van der Waals surface area contributed by atoms with Crippen LogP contribution >= 0.6 is 0 Å². The Kier molecular flexibility index (Phi) is 4.05. The molecule has 3 aromatic heterocycles. The summed E-state index contributed by atoms with van der Waals surface area (Å²) in [5, 5.41) is 0. The molecule has 5 rings (SSSR count). The smallest absolute Gasteiger partial charge is 0.229 e. The number of piperidine rings is 1. The van der Waals surface area contributed by atoms with Crippen molar-refractivity contribution in [2.24, 2.45) is 0 Å². The molecule has 27 heavy (non-hydrogen) atoms. The van der Waals surface area contributed by atoms with Crippen LogP contribution in [0.3, 0.4) is 0 Å². The number of para-hydroxylation sites is 2. The van der Waals surface area contributed by atoms with Gasteiger partial charge in [-0.3, -0.25) is 4.90 Å². The van der Waals surface area contributed by atoms with Crippen LogP contribution in [-0.2, 0) is 6.54 Å². The van der Waals surface area contributed by atoms with E-state index in [-0.39, 0.29) is 0 Å². The van der Waals surface area contributed by atoms with E-state index in [0.717, 1.165) is 66.5 Å². The second kappa shape index (κ2) is 6.70. The number of likely N-dealkylation sites (tertiary alicyclic amines) is 1. The second-order valence-electron chi connectivity index (χ2n) is 7.13. The molecule has 138 valence electrons. The lowest BCUT2D eigenvalue weighted by Gasteiger charge is -2.30. The summed E-state index contributed by atoms with van der Waals surface area (Å²) in [6, 6.07) is 9.81. The number of nitrogens with zero attached hydrogens (tertiary/aromatic N) is 3. The Morgan fingerprint density at radius 3 is 2.93 bits per heavy atom. The van der Waals surface area contributed by atoms with E-state index < -0.39 is 0 Å². The van der Waals surface area contributed by atoms with Gasteiger partial charge in [0.1, 0.15) is 17.5 Å². The Labute approximate surface area is 156 Å². The van der Waals surface area contributed by atoms with E-state index in [0.29, 0.717) is 11.8 Å².